The van der Waals surface area contributed by atoms with E-state index in [4.69, 9.17) is 5.73 Å². The van der Waals surface area contributed by atoms with E-state index in [1.54, 1.807) is 0 Å². The quantitative estimate of drug-likeness (QED) is 0.911. The number of piperazine rings is 1. The highest BCUT2D eigenvalue weighted by molar-refractivity contribution is 5.83. The maximum atomic E-state index is 12.7. The molecule has 1 atom stereocenters. The molecule has 2 aliphatic rings. The minimum absolute atomic E-state index is 0.230. The van der Waals surface area contributed by atoms with Gasteiger partial charge in [0.15, 0.2) is 0 Å². The molecule has 2 N–H and O–H groups in total. The molecule has 0 radical (unpaired) electrons. The number of amides is 2. The van der Waals surface area contributed by atoms with Crippen molar-refractivity contribution in [1.82, 2.24) is 9.80 Å². The van der Waals surface area contributed by atoms with Crippen molar-refractivity contribution in [2.45, 2.75) is 44.6 Å². The highest BCUT2D eigenvalue weighted by Crippen LogP contribution is 2.35. The molecule has 1 aliphatic carbocycles. The topological polar surface area (TPSA) is 66.6 Å². The number of nitrogens with zero attached hydrogens (tertiary/aromatic N) is 2. The molecule has 1 aromatic rings. The molecule has 24 heavy (non-hydrogen) atoms. The van der Waals surface area contributed by atoms with Crippen LogP contribution in [-0.2, 0) is 16.0 Å². The van der Waals surface area contributed by atoms with Gasteiger partial charge in [0.25, 0.3) is 0 Å². The molecular weight excluding hydrogens is 302 g/mol. The first kappa shape index (κ1) is 17.0. The number of hydrogen-bond acceptors (Lipinski definition) is 3. The van der Waals surface area contributed by atoms with Crippen molar-refractivity contribution in [2.24, 2.45) is 5.73 Å². The van der Waals surface area contributed by atoms with E-state index in [9.17, 15) is 9.59 Å². The number of benzene rings is 1. The summed E-state index contributed by atoms with van der Waals surface area (Å²) in [6.07, 6.45) is 2.74. The van der Waals surface area contributed by atoms with Gasteiger partial charge in [0.2, 0.25) is 11.8 Å². The number of primary amides is 1. The molecule has 1 heterocycles. The Bertz CT molecular complexity index is 633. The summed E-state index contributed by atoms with van der Waals surface area (Å²) in [5, 5.41) is 0. The third kappa shape index (κ3) is 3.18. The lowest BCUT2D eigenvalue weighted by Gasteiger charge is -2.42. The van der Waals surface area contributed by atoms with Crippen molar-refractivity contribution in [3.05, 3.63) is 35.4 Å². The van der Waals surface area contributed by atoms with Gasteiger partial charge in [-0.2, -0.15) is 0 Å². The van der Waals surface area contributed by atoms with Gasteiger partial charge in [-0.15, -0.1) is 0 Å². The molecule has 0 bridgehead atoms. The minimum Gasteiger partial charge on any atom is -0.368 e. The molecular formula is C19H27N3O2. The molecule has 0 saturated carbocycles. The van der Waals surface area contributed by atoms with Crippen molar-refractivity contribution in [3.63, 3.8) is 0 Å². The second-order valence-corrected chi connectivity index (χ2v) is 7.43. The summed E-state index contributed by atoms with van der Waals surface area (Å²) in [6.45, 7) is 6.43. The number of carbonyl (C=O) groups excluding carboxylic acids is 2. The van der Waals surface area contributed by atoms with Crippen molar-refractivity contribution < 1.29 is 9.59 Å². The summed E-state index contributed by atoms with van der Waals surface area (Å²) in [5.74, 6) is 0.270. The zero-order chi connectivity index (χ0) is 17.3. The van der Waals surface area contributed by atoms with Crippen LogP contribution in [0.5, 0.6) is 0 Å². The fourth-order valence-corrected chi connectivity index (χ4v) is 3.87. The number of hydrogen-bond donors (Lipinski definition) is 1. The standard InChI is InChI=1S/C19H27N3O2/c1-19(2,18(20)24)22-11-9-21(10-12-22)17(23)13-15-8-7-14-5-3-4-6-16(14)15/h3-6,15H,7-13H2,1-2H3,(H2,20,24). The average Bonchev–Trinajstić information content (AvgIpc) is 2.98. The molecule has 3 rings (SSSR count). The average molecular weight is 329 g/mol. The zero-order valence-corrected chi connectivity index (χ0v) is 14.6. The smallest absolute Gasteiger partial charge is 0.237 e. The summed E-state index contributed by atoms with van der Waals surface area (Å²) in [6, 6.07) is 8.47. The van der Waals surface area contributed by atoms with E-state index in [-0.39, 0.29) is 11.8 Å². The lowest BCUT2D eigenvalue weighted by Crippen LogP contribution is -2.60. The molecule has 2 amide bonds. The van der Waals surface area contributed by atoms with E-state index in [2.05, 4.69) is 29.2 Å². The Morgan fingerprint density at radius 1 is 1.17 bits per heavy atom. The van der Waals surface area contributed by atoms with Crippen LogP contribution in [0.4, 0.5) is 0 Å². The molecule has 5 nitrogen and oxygen atoms in total. The molecule has 130 valence electrons. The van der Waals surface area contributed by atoms with Gasteiger partial charge < -0.3 is 10.6 Å². The first-order valence-electron chi connectivity index (χ1n) is 8.80. The SMILES string of the molecule is CC(C)(C(N)=O)N1CCN(C(=O)CC2CCc3ccccc32)CC1. The Hall–Kier alpha value is -1.88. The monoisotopic (exact) mass is 329 g/mol. The van der Waals surface area contributed by atoms with Gasteiger partial charge >= 0.3 is 0 Å². The maximum absolute atomic E-state index is 12.7. The van der Waals surface area contributed by atoms with Gasteiger partial charge in [-0.05, 0) is 43.7 Å². The van der Waals surface area contributed by atoms with E-state index in [1.807, 2.05) is 18.7 Å². The summed E-state index contributed by atoms with van der Waals surface area (Å²) in [5.41, 5.74) is 7.57. The van der Waals surface area contributed by atoms with Crippen LogP contribution in [0.15, 0.2) is 24.3 Å². The van der Waals surface area contributed by atoms with Crippen LogP contribution in [0.25, 0.3) is 0 Å². The second kappa shape index (κ2) is 6.55. The van der Waals surface area contributed by atoms with Gasteiger partial charge in [-0.3, -0.25) is 14.5 Å². The van der Waals surface area contributed by atoms with Crippen LogP contribution < -0.4 is 5.73 Å². The third-order valence-electron chi connectivity index (χ3n) is 5.70. The zero-order valence-electron chi connectivity index (χ0n) is 14.6. The highest BCUT2D eigenvalue weighted by Gasteiger charge is 2.36. The molecule has 0 spiro atoms. The van der Waals surface area contributed by atoms with Gasteiger partial charge in [-0.1, -0.05) is 24.3 Å². The first-order valence-corrected chi connectivity index (χ1v) is 8.80. The second-order valence-electron chi connectivity index (χ2n) is 7.43. The number of carbonyl (C=O) groups is 2. The molecule has 1 unspecified atom stereocenters. The van der Waals surface area contributed by atoms with Crippen molar-refractivity contribution in [3.8, 4) is 0 Å². The number of aryl methyl sites for hydroxylation is 1. The van der Waals surface area contributed by atoms with Crippen LogP contribution in [0.3, 0.4) is 0 Å². The molecule has 1 fully saturated rings. The first-order chi connectivity index (χ1) is 11.4. The van der Waals surface area contributed by atoms with Crippen LogP contribution in [0.1, 0.15) is 43.7 Å². The fourth-order valence-electron chi connectivity index (χ4n) is 3.87. The largest absolute Gasteiger partial charge is 0.368 e. The van der Waals surface area contributed by atoms with Crippen LogP contribution >= 0.6 is 0 Å². The number of rotatable bonds is 4. The molecule has 1 aliphatic heterocycles. The number of nitrogens with two attached hydrogens (primary N) is 1. The van der Waals surface area contributed by atoms with Crippen LogP contribution in [0.2, 0.25) is 0 Å². The maximum Gasteiger partial charge on any atom is 0.237 e. The lowest BCUT2D eigenvalue weighted by atomic mass is 9.96. The van der Waals surface area contributed by atoms with Crippen molar-refractivity contribution in [1.29, 1.82) is 0 Å². The van der Waals surface area contributed by atoms with E-state index in [1.165, 1.54) is 11.1 Å². The minimum atomic E-state index is -0.653. The molecule has 5 heteroatoms. The van der Waals surface area contributed by atoms with E-state index in [0.29, 0.717) is 38.5 Å². The Kier molecular flexibility index (Phi) is 4.63. The fraction of sp³-hybridized carbons (Fsp3) is 0.579. The Morgan fingerprint density at radius 3 is 2.50 bits per heavy atom. The van der Waals surface area contributed by atoms with Gasteiger partial charge in [0.05, 0.1) is 5.54 Å². The highest BCUT2D eigenvalue weighted by atomic mass is 16.2. The van der Waals surface area contributed by atoms with Gasteiger partial charge in [0, 0.05) is 32.6 Å². The van der Waals surface area contributed by atoms with Gasteiger partial charge in [-0.25, -0.2) is 0 Å². The Labute approximate surface area is 143 Å². The van der Waals surface area contributed by atoms with E-state index in [0.717, 1.165) is 12.8 Å². The van der Waals surface area contributed by atoms with Gasteiger partial charge in [0.1, 0.15) is 0 Å². The van der Waals surface area contributed by atoms with Crippen LogP contribution in [0, 0.1) is 0 Å². The normalized spacial score (nSPS) is 21.6. The summed E-state index contributed by atoms with van der Waals surface area (Å²) in [7, 11) is 0. The Morgan fingerprint density at radius 2 is 1.83 bits per heavy atom. The van der Waals surface area contributed by atoms with Crippen molar-refractivity contribution in [2.75, 3.05) is 26.2 Å². The molecule has 1 aromatic carbocycles. The molecule has 1 saturated heterocycles. The van der Waals surface area contributed by atoms with Crippen LogP contribution in [-0.4, -0.2) is 53.3 Å². The number of fused-ring (bicyclic) bond motifs is 1. The summed E-state index contributed by atoms with van der Waals surface area (Å²) in [4.78, 5) is 28.3. The summed E-state index contributed by atoms with van der Waals surface area (Å²) >= 11 is 0. The van der Waals surface area contributed by atoms with E-state index < -0.39 is 5.54 Å². The predicted octanol–water partition coefficient (Wildman–Crippen LogP) is 1.51. The molecule has 0 aromatic heterocycles. The predicted molar refractivity (Wildman–Crippen MR) is 93.5 cm³/mol. The summed E-state index contributed by atoms with van der Waals surface area (Å²) < 4.78 is 0. The Balaban J connectivity index is 1.56. The lowest BCUT2D eigenvalue weighted by molar-refractivity contribution is -0.136. The van der Waals surface area contributed by atoms with E-state index >= 15 is 0 Å². The van der Waals surface area contributed by atoms with Crippen molar-refractivity contribution >= 4 is 11.8 Å². The third-order valence-corrected chi connectivity index (χ3v) is 5.70.